The van der Waals surface area contributed by atoms with Crippen LogP contribution in [0.2, 0.25) is 0 Å². The number of hydrogen-bond donors (Lipinski definition) is 2. The van der Waals surface area contributed by atoms with Gasteiger partial charge in [-0.3, -0.25) is 24.0 Å². The molecule has 4 saturated heterocycles. The van der Waals surface area contributed by atoms with Gasteiger partial charge in [0, 0.05) is 50.6 Å². The van der Waals surface area contributed by atoms with Gasteiger partial charge in [-0.1, -0.05) is 18.2 Å². The van der Waals surface area contributed by atoms with Gasteiger partial charge in [0.15, 0.2) is 0 Å². The zero-order valence-electron chi connectivity index (χ0n) is 19.8. The maximum absolute atomic E-state index is 13.7. The standard InChI is InChI=1S/C25H31N5O5/c1-15(31)28-10-7-17(8-11-28)24(34)29-12-9-19-21(29)25(35)30-14-18(13-20(30)23(33)27-19)26-22(32)16-5-3-2-4-6-16/h2-6,17-21H,7-14H2,1H3,(H,26,32)(H,27,33)/t18-,19-,20+,21-/m0/s1. The van der Waals surface area contributed by atoms with Crippen molar-refractivity contribution in [1.82, 2.24) is 25.3 Å². The molecule has 4 heterocycles. The van der Waals surface area contributed by atoms with Gasteiger partial charge in [-0.25, -0.2) is 0 Å². The molecule has 4 aliphatic rings. The Bertz CT molecular complexity index is 1040. The van der Waals surface area contributed by atoms with E-state index in [1.165, 1.54) is 6.92 Å². The van der Waals surface area contributed by atoms with Gasteiger partial charge in [-0.2, -0.15) is 0 Å². The maximum Gasteiger partial charge on any atom is 0.251 e. The Morgan fingerprint density at radius 2 is 1.71 bits per heavy atom. The van der Waals surface area contributed by atoms with E-state index in [0.29, 0.717) is 50.9 Å². The summed E-state index contributed by atoms with van der Waals surface area (Å²) in [5.74, 6) is -1.01. The van der Waals surface area contributed by atoms with Crippen LogP contribution in [-0.4, -0.2) is 94.6 Å². The Morgan fingerprint density at radius 1 is 1.00 bits per heavy atom. The average Bonchev–Trinajstić information content (AvgIpc) is 3.46. The first-order valence-electron chi connectivity index (χ1n) is 12.4. The Balaban J connectivity index is 1.28. The molecule has 4 aliphatic heterocycles. The van der Waals surface area contributed by atoms with E-state index >= 15 is 0 Å². The highest BCUT2D eigenvalue weighted by molar-refractivity contribution is 5.98. The maximum atomic E-state index is 13.7. The molecule has 0 saturated carbocycles. The zero-order chi connectivity index (χ0) is 24.7. The highest BCUT2D eigenvalue weighted by atomic mass is 16.2. The van der Waals surface area contributed by atoms with Crippen molar-refractivity contribution in [3.8, 4) is 0 Å². The van der Waals surface area contributed by atoms with Gasteiger partial charge in [-0.05, 0) is 37.8 Å². The predicted molar refractivity (Wildman–Crippen MR) is 125 cm³/mol. The van der Waals surface area contributed by atoms with E-state index in [-0.39, 0.29) is 48.0 Å². The van der Waals surface area contributed by atoms with Crippen LogP contribution in [0.15, 0.2) is 30.3 Å². The number of nitrogens with zero attached hydrogens (tertiary/aromatic N) is 3. The van der Waals surface area contributed by atoms with Crippen molar-refractivity contribution in [1.29, 1.82) is 0 Å². The summed E-state index contributed by atoms with van der Waals surface area (Å²) in [7, 11) is 0. The fourth-order valence-corrected chi connectivity index (χ4v) is 5.91. The van der Waals surface area contributed by atoms with Crippen LogP contribution >= 0.6 is 0 Å². The van der Waals surface area contributed by atoms with E-state index in [1.807, 2.05) is 6.07 Å². The number of benzene rings is 1. The number of fused-ring (bicyclic) bond motifs is 2. The van der Waals surface area contributed by atoms with E-state index in [9.17, 15) is 24.0 Å². The SMILES string of the molecule is CC(=O)N1CCC(C(=O)N2CC[C@@H]3NC(=O)[C@H]4C[C@H](NC(=O)c5ccccc5)CN4C(=O)[C@H]32)CC1. The van der Waals surface area contributed by atoms with E-state index in [1.54, 1.807) is 39.0 Å². The average molecular weight is 482 g/mol. The molecule has 4 fully saturated rings. The second-order valence-corrected chi connectivity index (χ2v) is 9.94. The van der Waals surface area contributed by atoms with Gasteiger partial charge in [0.25, 0.3) is 5.91 Å². The van der Waals surface area contributed by atoms with E-state index in [2.05, 4.69) is 10.6 Å². The van der Waals surface area contributed by atoms with E-state index in [0.717, 1.165) is 0 Å². The Kier molecular flexibility index (Phi) is 6.21. The van der Waals surface area contributed by atoms with Crippen LogP contribution in [0.1, 0.15) is 43.0 Å². The highest BCUT2D eigenvalue weighted by Gasteiger charge is 2.53. The molecular weight excluding hydrogens is 450 g/mol. The molecule has 35 heavy (non-hydrogen) atoms. The molecule has 4 atom stereocenters. The van der Waals surface area contributed by atoms with Crippen LogP contribution in [0, 0.1) is 5.92 Å². The van der Waals surface area contributed by atoms with Gasteiger partial charge in [0.05, 0.1) is 6.04 Å². The number of carbonyl (C=O) groups is 5. The van der Waals surface area contributed by atoms with Crippen molar-refractivity contribution in [2.24, 2.45) is 5.92 Å². The van der Waals surface area contributed by atoms with Crippen molar-refractivity contribution in [3.63, 3.8) is 0 Å². The summed E-state index contributed by atoms with van der Waals surface area (Å²) in [6.07, 6.45) is 2.03. The predicted octanol–water partition coefficient (Wildman–Crippen LogP) is -0.256. The van der Waals surface area contributed by atoms with E-state index < -0.39 is 18.1 Å². The van der Waals surface area contributed by atoms with Crippen molar-refractivity contribution in [2.75, 3.05) is 26.2 Å². The molecule has 5 amide bonds. The second kappa shape index (κ2) is 9.31. The fourth-order valence-electron chi connectivity index (χ4n) is 5.91. The summed E-state index contributed by atoms with van der Waals surface area (Å²) in [5, 5.41) is 5.94. The Morgan fingerprint density at radius 3 is 2.40 bits per heavy atom. The first-order chi connectivity index (χ1) is 16.8. The molecule has 1 aromatic carbocycles. The topological polar surface area (TPSA) is 119 Å². The smallest absolute Gasteiger partial charge is 0.251 e. The molecule has 10 nitrogen and oxygen atoms in total. The van der Waals surface area contributed by atoms with Crippen molar-refractivity contribution >= 4 is 29.5 Å². The van der Waals surface area contributed by atoms with E-state index in [4.69, 9.17) is 0 Å². The number of nitrogens with one attached hydrogen (secondary N) is 2. The Labute approximate surface area is 204 Å². The Hall–Kier alpha value is -3.43. The minimum Gasteiger partial charge on any atom is -0.349 e. The molecular formula is C25H31N5O5. The number of piperidine rings is 1. The zero-order valence-corrected chi connectivity index (χ0v) is 19.8. The summed E-state index contributed by atoms with van der Waals surface area (Å²) in [6, 6.07) is 6.68. The van der Waals surface area contributed by atoms with Gasteiger partial charge in [0.1, 0.15) is 12.1 Å². The number of carbonyl (C=O) groups excluding carboxylic acids is 5. The quantitative estimate of drug-likeness (QED) is 0.617. The normalized spacial score (nSPS) is 28.8. The lowest BCUT2D eigenvalue weighted by molar-refractivity contribution is -0.148. The largest absolute Gasteiger partial charge is 0.349 e. The van der Waals surface area contributed by atoms with Gasteiger partial charge >= 0.3 is 0 Å². The summed E-state index contributed by atoms with van der Waals surface area (Å²) in [5.41, 5.74) is 0.522. The lowest BCUT2D eigenvalue weighted by Crippen LogP contribution is -2.54. The van der Waals surface area contributed by atoms with Crippen molar-refractivity contribution < 1.29 is 24.0 Å². The third-order valence-electron chi connectivity index (χ3n) is 7.81. The molecule has 1 aromatic rings. The first-order valence-corrected chi connectivity index (χ1v) is 12.4. The first kappa shape index (κ1) is 23.3. The summed E-state index contributed by atoms with van der Waals surface area (Å²) >= 11 is 0. The fraction of sp³-hybridized carbons (Fsp3) is 0.560. The lowest BCUT2D eigenvalue weighted by Gasteiger charge is -2.35. The molecule has 5 rings (SSSR count). The third-order valence-corrected chi connectivity index (χ3v) is 7.81. The highest BCUT2D eigenvalue weighted by Crippen LogP contribution is 2.31. The molecule has 0 spiro atoms. The van der Waals surface area contributed by atoms with Crippen molar-refractivity contribution in [3.05, 3.63) is 35.9 Å². The molecule has 0 bridgehead atoms. The van der Waals surface area contributed by atoms with Gasteiger partial charge in [-0.15, -0.1) is 0 Å². The number of amides is 5. The van der Waals surface area contributed by atoms with Crippen LogP contribution in [0.4, 0.5) is 0 Å². The molecule has 0 unspecified atom stereocenters. The van der Waals surface area contributed by atoms with Crippen LogP contribution in [-0.2, 0) is 19.2 Å². The number of hydrogen-bond acceptors (Lipinski definition) is 5. The molecule has 0 aromatic heterocycles. The molecule has 0 radical (unpaired) electrons. The summed E-state index contributed by atoms with van der Waals surface area (Å²) < 4.78 is 0. The van der Waals surface area contributed by atoms with Crippen LogP contribution < -0.4 is 10.6 Å². The second-order valence-electron chi connectivity index (χ2n) is 9.94. The molecule has 186 valence electrons. The monoisotopic (exact) mass is 481 g/mol. The number of rotatable bonds is 3. The molecule has 2 N–H and O–H groups in total. The molecule has 0 aliphatic carbocycles. The van der Waals surface area contributed by atoms with Crippen LogP contribution in [0.5, 0.6) is 0 Å². The molecule has 10 heteroatoms. The van der Waals surface area contributed by atoms with Crippen LogP contribution in [0.3, 0.4) is 0 Å². The summed E-state index contributed by atoms with van der Waals surface area (Å²) in [6.45, 7) is 3.25. The summed E-state index contributed by atoms with van der Waals surface area (Å²) in [4.78, 5) is 69.2. The number of likely N-dealkylation sites (tertiary alicyclic amines) is 2. The third kappa shape index (κ3) is 4.37. The lowest BCUT2D eigenvalue weighted by atomic mass is 9.94. The van der Waals surface area contributed by atoms with Crippen molar-refractivity contribution in [2.45, 2.75) is 56.8 Å². The minimum absolute atomic E-state index is 0.00720. The minimum atomic E-state index is -0.731. The van der Waals surface area contributed by atoms with Crippen LogP contribution in [0.25, 0.3) is 0 Å². The van der Waals surface area contributed by atoms with Gasteiger partial charge in [0.2, 0.25) is 23.6 Å². The van der Waals surface area contributed by atoms with Gasteiger partial charge < -0.3 is 25.3 Å².